The van der Waals surface area contributed by atoms with Crippen LogP contribution < -0.4 is 10.2 Å². The first-order valence-electron chi connectivity index (χ1n) is 6.01. The molecule has 1 rings (SSSR count). The maximum absolute atomic E-state index is 11.2. The zero-order valence-corrected chi connectivity index (χ0v) is 13.3. The van der Waals surface area contributed by atoms with Crippen LogP contribution in [0.4, 0.5) is 5.13 Å². The largest absolute Gasteiger partial charge is 0.480 e. The molecule has 0 aliphatic carbocycles. The van der Waals surface area contributed by atoms with Gasteiger partial charge in [-0.3, -0.25) is 4.79 Å². The zero-order valence-electron chi connectivity index (χ0n) is 11.6. The summed E-state index contributed by atoms with van der Waals surface area (Å²) in [4.78, 5) is 13.1. The predicted molar refractivity (Wildman–Crippen MR) is 79.3 cm³/mol. The van der Waals surface area contributed by atoms with Gasteiger partial charge in [0.1, 0.15) is 5.54 Å². The molecule has 0 bridgehead atoms. The summed E-state index contributed by atoms with van der Waals surface area (Å²) in [5.74, 6) is -0.126. The number of nitrogens with zero attached hydrogens (tertiary/aromatic N) is 3. The maximum Gasteiger partial charge on any atom is 0.323 e. The van der Waals surface area contributed by atoms with Gasteiger partial charge >= 0.3 is 5.97 Å². The summed E-state index contributed by atoms with van der Waals surface area (Å²) < 4.78 is 0.868. The summed E-state index contributed by atoms with van der Waals surface area (Å²) in [5.41, 5.74) is -0.878. The molecule has 0 saturated heterocycles. The van der Waals surface area contributed by atoms with E-state index in [-0.39, 0.29) is 0 Å². The minimum atomic E-state index is -0.878. The Morgan fingerprint density at radius 1 is 1.53 bits per heavy atom. The first-order valence-corrected chi connectivity index (χ1v) is 7.81. The quantitative estimate of drug-likeness (QED) is 0.705. The van der Waals surface area contributed by atoms with Crippen molar-refractivity contribution in [2.45, 2.75) is 30.1 Å². The Morgan fingerprint density at radius 2 is 2.21 bits per heavy atom. The molecule has 1 unspecified atom stereocenters. The van der Waals surface area contributed by atoms with Crippen molar-refractivity contribution in [2.24, 2.45) is 0 Å². The van der Waals surface area contributed by atoms with Crippen molar-refractivity contribution in [1.29, 1.82) is 0 Å². The molecular formula is C11H20N4O2S2. The summed E-state index contributed by atoms with van der Waals surface area (Å²) in [6.07, 6.45) is 0.539. The number of likely N-dealkylation sites (N-methyl/N-ethyl adjacent to an activating group) is 1. The fraction of sp³-hybridized carbons (Fsp3) is 0.727. The summed E-state index contributed by atoms with van der Waals surface area (Å²) in [6, 6.07) is 0. The fourth-order valence-electron chi connectivity index (χ4n) is 1.45. The molecule has 0 fully saturated rings. The van der Waals surface area contributed by atoms with Gasteiger partial charge in [0, 0.05) is 19.8 Å². The number of thioether (sulfide) groups is 1. The molecule has 1 aromatic rings. The average Bonchev–Trinajstić information content (AvgIpc) is 2.78. The Balaban J connectivity index is 2.49. The van der Waals surface area contributed by atoms with Crippen molar-refractivity contribution in [2.75, 3.05) is 31.3 Å². The molecule has 2 N–H and O–H groups in total. The number of aliphatic carboxylic acids is 1. The van der Waals surface area contributed by atoms with Crippen LogP contribution in [0.2, 0.25) is 0 Å². The first kappa shape index (κ1) is 16.2. The topological polar surface area (TPSA) is 78.4 Å². The number of carbonyl (C=O) groups is 1. The molecule has 0 aliphatic heterocycles. The molecule has 0 aromatic carbocycles. The van der Waals surface area contributed by atoms with E-state index in [2.05, 4.69) is 15.5 Å². The second-order valence-corrected chi connectivity index (χ2v) is 6.81. The van der Waals surface area contributed by atoms with Gasteiger partial charge < -0.3 is 15.3 Å². The van der Waals surface area contributed by atoms with Crippen LogP contribution in [-0.4, -0.2) is 53.2 Å². The Labute approximate surface area is 121 Å². The minimum absolute atomic E-state index is 0.539. The van der Waals surface area contributed by atoms with Crippen molar-refractivity contribution in [3.63, 3.8) is 0 Å². The monoisotopic (exact) mass is 304 g/mol. The molecule has 1 heterocycles. The fourth-order valence-corrected chi connectivity index (χ4v) is 3.44. The average molecular weight is 304 g/mol. The molecule has 6 nitrogen and oxygen atoms in total. The lowest BCUT2D eigenvalue weighted by Gasteiger charge is -2.25. The smallest absolute Gasteiger partial charge is 0.323 e. The van der Waals surface area contributed by atoms with Crippen LogP contribution >= 0.6 is 23.1 Å². The van der Waals surface area contributed by atoms with Gasteiger partial charge in [-0.2, -0.15) is 0 Å². The van der Waals surface area contributed by atoms with Gasteiger partial charge in [-0.15, -0.1) is 10.2 Å². The highest BCUT2D eigenvalue weighted by atomic mass is 32.2. The lowest BCUT2D eigenvalue weighted by Crippen LogP contribution is -2.49. The molecule has 108 valence electrons. The van der Waals surface area contributed by atoms with Crippen molar-refractivity contribution < 1.29 is 9.90 Å². The highest BCUT2D eigenvalue weighted by Crippen LogP contribution is 2.28. The third-order valence-electron chi connectivity index (χ3n) is 2.64. The second-order valence-electron chi connectivity index (χ2n) is 4.51. The zero-order chi connectivity index (χ0) is 14.5. The van der Waals surface area contributed by atoms with E-state index in [1.54, 1.807) is 18.7 Å². The SMILES string of the molecule is CCNC(C)(CCSc1nnc(N(C)C)s1)C(=O)O. The van der Waals surface area contributed by atoms with Crippen LogP contribution in [0.3, 0.4) is 0 Å². The van der Waals surface area contributed by atoms with Crippen LogP contribution in [0.1, 0.15) is 20.3 Å². The predicted octanol–water partition coefficient (Wildman–Crippen LogP) is 1.54. The highest BCUT2D eigenvalue weighted by molar-refractivity contribution is 8.01. The number of carboxylic acid groups (broad SMARTS) is 1. The third kappa shape index (κ3) is 4.63. The van der Waals surface area contributed by atoms with Crippen molar-refractivity contribution in [1.82, 2.24) is 15.5 Å². The highest BCUT2D eigenvalue weighted by Gasteiger charge is 2.31. The molecule has 0 spiro atoms. The van der Waals surface area contributed by atoms with Crippen LogP contribution in [0, 0.1) is 0 Å². The molecular weight excluding hydrogens is 284 g/mol. The molecule has 19 heavy (non-hydrogen) atoms. The number of rotatable bonds is 8. The van der Waals surface area contributed by atoms with Crippen LogP contribution in [0.25, 0.3) is 0 Å². The maximum atomic E-state index is 11.2. The number of nitrogens with one attached hydrogen (secondary N) is 1. The lowest BCUT2D eigenvalue weighted by atomic mass is 9.99. The number of aromatic nitrogens is 2. The number of hydrogen-bond donors (Lipinski definition) is 2. The van der Waals surface area contributed by atoms with Crippen LogP contribution in [-0.2, 0) is 4.79 Å². The Bertz CT molecular complexity index is 425. The van der Waals surface area contributed by atoms with E-state index in [0.29, 0.717) is 18.7 Å². The van der Waals surface area contributed by atoms with E-state index in [0.717, 1.165) is 9.47 Å². The molecule has 1 atom stereocenters. The van der Waals surface area contributed by atoms with E-state index < -0.39 is 11.5 Å². The van der Waals surface area contributed by atoms with Crippen molar-refractivity contribution in [3.05, 3.63) is 0 Å². The summed E-state index contributed by atoms with van der Waals surface area (Å²) in [6.45, 7) is 4.25. The van der Waals surface area contributed by atoms with Gasteiger partial charge in [0.05, 0.1) is 0 Å². The molecule has 0 radical (unpaired) electrons. The van der Waals surface area contributed by atoms with Crippen LogP contribution in [0.15, 0.2) is 4.34 Å². The lowest BCUT2D eigenvalue weighted by molar-refractivity contribution is -0.144. The van der Waals surface area contributed by atoms with Gasteiger partial charge in [0.15, 0.2) is 4.34 Å². The van der Waals surface area contributed by atoms with Gasteiger partial charge in [0.25, 0.3) is 0 Å². The normalized spacial score (nSPS) is 14.1. The van der Waals surface area contributed by atoms with E-state index in [1.807, 2.05) is 25.9 Å². The molecule has 0 saturated carbocycles. The Hall–Kier alpha value is -0.860. The van der Waals surface area contributed by atoms with Gasteiger partial charge in [-0.05, 0) is 19.9 Å². The van der Waals surface area contributed by atoms with Crippen LogP contribution in [0.5, 0.6) is 0 Å². The Kier molecular flexibility index (Phi) is 6.02. The molecule has 1 aromatic heterocycles. The second kappa shape index (κ2) is 7.06. The third-order valence-corrected chi connectivity index (χ3v) is 4.87. The van der Waals surface area contributed by atoms with Gasteiger partial charge in [-0.1, -0.05) is 30.0 Å². The summed E-state index contributed by atoms with van der Waals surface area (Å²) in [7, 11) is 3.84. The van der Waals surface area contributed by atoms with Crippen molar-refractivity contribution in [3.8, 4) is 0 Å². The van der Waals surface area contributed by atoms with E-state index in [4.69, 9.17) is 0 Å². The van der Waals surface area contributed by atoms with Gasteiger partial charge in [0.2, 0.25) is 5.13 Å². The standard InChI is InChI=1S/C11H20N4O2S2/c1-5-12-11(2,8(16)17)6-7-18-10-14-13-9(19-10)15(3)4/h12H,5-7H2,1-4H3,(H,16,17). The minimum Gasteiger partial charge on any atom is -0.480 e. The molecule has 8 heteroatoms. The van der Waals surface area contributed by atoms with Crippen molar-refractivity contribution >= 4 is 34.2 Å². The van der Waals surface area contributed by atoms with E-state index >= 15 is 0 Å². The van der Waals surface area contributed by atoms with E-state index in [9.17, 15) is 9.90 Å². The number of hydrogen-bond acceptors (Lipinski definition) is 7. The van der Waals surface area contributed by atoms with Gasteiger partial charge in [-0.25, -0.2) is 0 Å². The number of anilines is 1. The molecule has 0 amide bonds. The Morgan fingerprint density at radius 3 is 2.68 bits per heavy atom. The van der Waals surface area contributed by atoms with E-state index in [1.165, 1.54) is 11.3 Å². The number of carboxylic acids is 1. The first-order chi connectivity index (χ1) is 8.89. The summed E-state index contributed by atoms with van der Waals surface area (Å²) in [5, 5.41) is 21.2. The summed E-state index contributed by atoms with van der Waals surface area (Å²) >= 11 is 3.06. The molecule has 0 aliphatic rings.